The summed E-state index contributed by atoms with van der Waals surface area (Å²) in [6, 6.07) is 2.56. The molecule has 0 saturated heterocycles. The third kappa shape index (κ3) is 2.23. The van der Waals surface area contributed by atoms with E-state index in [9.17, 15) is 5.11 Å². The molecule has 1 heterocycles. The van der Waals surface area contributed by atoms with Crippen molar-refractivity contribution in [2.24, 2.45) is 5.41 Å². The van der Waals surface area contributed by atoms with Crippen LogP contribution >= 0.6 is 0 Å². The molecule has 0 aromatic carbocycles. The van der Waals surface area contributed by atoms with Crippen LogP contribution in [0.5, 0.6) is 0 Å². The maximum atomic E-state index is 9.25. The average Bonchev–Trinajstić information content (AvgIpc) is 2.87. The fourth-order valence-corrected chi connectivity index (χ4v) is 1.86. The maximum absolute atomic E-state index is 9.25. The molecule has 1 aliphatic rings. The topological polar surface area (TPSA) is 38.0 Å². The maximum Gasteiger partial charge on any atom is 0.0631 e. The molecular formula is C12H20N2O. The Morgan fingerprint density at radius 3 is 2.87 bits per heavy atom. The second-order valence-electron chi connectivity index (χ2n) is 4.88. The SMILES string of the molecule is CCC(C)n1ccc(CC2(CO)CC2)n1. The Morgan fingerprint density at radius 2 is 2.33 bits per heavy atom. The molecule has 84 valence electrons. The molecule has 1 N–H and O–H groups in total. The van der Waals surface area contributed by atoms with Gasteiger partial charge < -0.3 is 5.11 Å². The minimum absolute atomic E-state index is 0.175. The molecule has 15 heavy (non-hydrogen) atoms. The predicted molar refractivity (Wildman–Crippen MR) is 59.7 cm³/mol. The summed E-state index contributed by atoms with van der Waals surface area (Å²) in [6.45, 7) is 4.65. The Kier molecular flexibility index (Phi) is 2.83. The summed E-state index contributed by atoms with van der Waals surface area (Å²) in [5.74, 6) is 0. The highest BCUT2D eigenvalue weighted by molar-refractivity contribution is 5.08. The van der Waals surface area contributed by atoms with Gasteiger partial charge in [0.1, 0.15) is 0 Å². The van der Waals surface area contributed by atoms with Crippen LogP contribution in [0.4, 0.5) is 0 Å². The Labute approximate surface area is 91.1 Å². The van der Waals surface area contributed by atoms with Gasteiger partial charge in [-0.2, -0.15) is 5.10 Å². The summed E-state index contributed by atoms with van der Waals surface area (Å²) in [5, 5.41) is 13.8. The third-order valence-corrected chi connectivity index (χ3v) is 3.55. The Hall–Kier alpha value is -0.830. The van der Waals surface area contributed by atoms with Crippen molar-refractivity contribution in [3.63, 3.8) is 0 Å². The van der Waals surface area contributed by atoms with Crippen LogP contribution in [-0.2, 0) is 6.42 Å². The van der Waals surface area contributed by atoms with Crippen LogP contribution in [-0.4, -0.2) is 21.5 Å². The number of aliphatic hydroxyl groups is 1. The van der Waals surface area contributed by atoms with Crippen molar-refractivity contribution in [2.45, 2.75) is 45.6 Å². The molecule has 0 spiro atoms. The van der Waals surface area contributed by atoms with E-state index in [0.29, 0.717) is 12.6 Å². The molecule has 1 unspecified atom stereocenters. The molecular weight excluding hydrogens is 188 g/mol. The molecule has 1 aliphatic carbocycles. The van der Waals surface area contributed by atoms with Crippen molar-refractivity contribution in [3.05, 3.63) is 18.0 Å². The molecule has 1 aromatic rings. The standard InChI is InChI=1S/C12H20N2O/c1-3-10(2)14-7-4-11(13-14)8-12(9-15)5-6-12/h4,7,10,15H,3,5-6,8-9H2,1-2H3. The van der Waals surface area contributed by atoms with Crippen molar-refractivity contribution >= 4 is 0 Å². The average molecular weight is 208 g/mol. The molecule has 1 saturated carbocycles. The van der Waals surface area contributed by atoms with Gasteiger partial charge in [-0.15, -0.1) is 0 Å². The van der Waals surface area contributed by atoms with Crippen molar-refractivity contribution in [3.8, 4) is 0 Å². The first-order chi connectivity index (χ1) is 7.19. The van der Waals surface area contributed by atoms with Gasteiger partial charge in [-0.3, -0.25) is 4.68 Å². The fourth-order valence-electron chi connectivity index (χ4n) is 1.86. The van der Waals surface area contributed by atoms with Gasteiger partial charge in [0, 0.05) is 18.8 Å². The van der Waals surface area contributed by atoms with Crippen LogP contribution in [0, 0.1) is 5.41 Å². The third-order valence-electron chi connectivity index (χ3n) is 3.55. The lowest BCUT2D eigenvalue weighted by atomic mass is 10.0. The van der Waals surface area contributed by atoms with Crippen LogP contribution in [0.15, 0.2) is 12.3 Å². The second-order valence-corrected chi connectivity index (χ2v) is 4.88. The van der Waals surface area contributed by atoms with E-state index in [-0.39, 0.29) is 5.41 Å². The molecule has 3 nitrogen and oxygen atoms in total. The zero-order valence-corrected chi connectivity index (χ0v) is 9.61. The molecule has 1 fully saturated rings. The summed E-state index contributed by atoms with van der Waals surface area (Å²) >= 11 is 0. The van der Waals surface area contributed by atoms with Gasteiger partial charge in [-0.05, 0) is 44.1 Å². The zero-order chi connectivity index (χ0) is 10.9. The number of hydrogen-bond acceptors (Lipinski definition) is 2. The van der Waals surface area contributed by atoms with Crippen LogP contribution in [0.1, 0.15) is 44.8 Å². The molecule has 0 radical (unpaired) electrons. The monoisotopic (exact) mass is 208 g/mol. The first kappa shape index (κ1) is 10.7. The Morgan fingerprint density at radius 1 is 1.60 bits per heavy atom. The highest BCUT2D eigenvalue weighted by atomic mass is 16.3. The highest BCUT2D eigenvalue weighted by Crippen LogP contribution is 2.47. The molecule has 1 aromatic heterocycles. The van der Waals surface area contributed by atoms with Gasteiger partial charge in [-0.25, -0.2) is 0 Å². The summed E-state index contributed by atoms with van der Waals surface area (Å²) in [5.41, 5.74) is 1.30. The molecule has 3 heteroatoms. The van der Waals surface area contributed by atoms with Crippen molar-refractivity contribution in [1.82, 2.24) is 9.78 Å². The smallest absolute Gasteiger partial charge is 0.0631 e. The fraction of sp³-hybridized carbons (Fsp3) is 0.750. The molecule has 0 aliphatic heterocycles. The van der Waals surface area contributed by atoms with Gasteiger partial charge in [-0.1, -0.05) is 6.92 Å². The van der Waals surface area contributed by atoms with Gasteiger partial charge in [0.2, 0.25) is 0 Å². The van der Waals surface area contributed by atoms with Crippen molar-refractivity contribution < 1.29 is 5.11 Å². The Bertz CT molecular complexity index is 328. The lowest BCUT2D eigenvalue weighted by Crippen LogP contribution is -2.11. The minimum atomic E-state index is 0.175. The van der Waals surface area contributed by atoms with E-state index in [0.717, 1.165) is 31.4 Å². The minimum Gasteiger partial charge on any atom is -0.396 e. The van der Waals surface area contributed by atoms with Gasteiger partial charge >= 0.3 is 0 Å². The van der Waals surface area contributed by atoms with Crippen LogP contribution in [0.2, 0.25) is 0 Å². The number of rotatable bonds is 5. The number of hydrogen-bond donors (Lipinski definition) is 1. The normalized spacial score (nSPS) is 20.2. The summed E-state index contributed by atoms with van der Waals surface area (Å²) in [7, 11) is 0. The van der Waals surface area contributed by atoms with E-state index in [1.54, 1.807) is 0 Å². The predicted octanol–water partition coefficient (Wildman–Crippen LogP) is 2.17. The lowest BCUT2D eigenvalue weighted by Gasteiger charge is -2.10. The van der Waals surface area contributed by atoms with E-state index >= 15 is 0 Å². The summed E-state index contributed by atoms with van der Waals surface area (Å²) in [6.07, 6.45) is 6.40. The van der Waals surface area contributed by atoms with E-state index in [4.69, 9.17) is 0 Å². The van der Waals surface area contributed by atoms with Crippen molar-refractivity contribution in [2.75, 3.05) is 6.61 Å². The van der Waals surface area contributed by atoms with Crippen LogP contribution in [0.25, 0.3) is 0 Å². The number of aliphatic hydroxyl groups excluding tert-OH is 1. The van der Waals surface area contributed by atoms with E-state index in [1.165, 1.54) is 0 Å². The molecule has 0 bridgehead atoms. The van der Waals surface area contributed by atoms with E-state index in [1.807, 2.05) is 4.68 Å². The van der Waals surface area contributed by atoms with E-state index < -0.39 is 0 Å². The summed E-state index contributed by atoms with van der Waals surface area (Å²) in [4.78, 5) is 0. The number of nitrogens with zero attached hydrogens (tertiary/aromatic N) is 2. The second kappa shape index (κ2) is 3.97. The lowest BCUT2D eigenvalue weighted by molar-refractivity contribution is 0.210. The first-order valence-corrected chi connectivity index (χ1v) is 5.84. The summed E-state index contributed by atoms with van der Waals surface area (Å²) < 4.78 is 2.03. The molecule has 2 rings (SSSR count). The van der Waals surface area contributed by atoms with E-state index in [2.05, 4.69) is 31.2 Å². The zero-order valence-electron chi connectivity index (χ0n) is 9.61. The van der Waals surface area contributed by atoms with Gasteiger partial charge in [0.25, 0.3) is 0 Å². The molecule has 0 amide bonds. The van der Waals surface area contributed by atoms with Crippen LogP contribution in [0.3, 0.4) is 0 Å². The van der Waals surface area contributed by atoms with Gasteiger partial charge in [0.15, 0.2) is 0 Å². The molecule has 1 atom stereocenters. The van der Waals surface area contributed by atoms with Gasteiger partial charge in [0.05, 0.1) is 5.69 Å². The van der Waals surface area contributed by atoms with Crippen LogP contribution < -0.4 is 0 Å². The quantitative estimate of drug-likeness (QED) is 0.805. The number of aromatic nitrogens is 2. The Balaban J connectivity index is 2.01. The largest absolute Gasteiger partial charge is 0.396 e. The highest BCUT2D eigenvalue weighted by Gasteiger charge is 2.42. The first-order valence-electron chi connectivity index (χ1n) is 5.84. The van der Waals surface area contributed by atoms with Crippen molar-refractivity contribution in [1.29, 1.82) is 0 Å².